The van der Waals surface area contributed by atoms with Gasteiger partial charge >= 0.3 is 0 Å². The molecule has 1 atom stereocenters. The number of anilines is 1. The predicted molar refractivity (Wildman–Crippen MR) is 72.6 cm³/mol. The van der Waals surface area contributed by atoms with Crippen LogP contribution in [0.3, 0.4) is 0 Å². The van der Waals surface area contributed by atoms with E-state index in [-0.39, 0.29) is 22.9 Å². The van der Waals surface area contributed by atoms with Crippen LogP contribution in [-0.4, -0.2) is 28.4 Å². The molecule has 1 amide bonds. The van der Waals surface area contributed by atoms with Gasteiger partial charge in [-0.25, -0.2) is 4.98 Å². The minimum atomic E-state index is 0.000370. The van der Waals surface area contributed by atoms with Crippen LogP contribution >= 0.6 is 11.6 Å². The number of aromatic nitrogens is 1. The number of halogens is 1. The summed E-state index contributed by atoms with van der Waals surface area (Å²) >= 11 is 5.84. The third-order valence-electron chi connectivity index (χ3n) is 3.37. The van der Waals surface area contributed by atoms with Crippen molar-refractivity contribution in [2.45, 2.75) is 38.6 Å². The summed E-state index contributed by atoms with van der Waals surface area (Å²) in [5, 5.41) is 0.265. The van der Waals surface area contributed by atoms with Crippen molar-refractivity contribution in [2.75, 3.05) is 12.3 Å². The fourth-order valence-electron chi connectivity index (χ4n) is 2.38. The number of hydrogen-bond donors (Lipinski definition) is 1. The SMILES string of the molecule is CC1CCCCCN1C(=O)c1cc(N)nc(Cl)c1. The molecule has 0 bridgehead atoms. The lowest BCUT2D eigenvalue weighted by molar-refractivity contribution is 0.0698. The molecule has 18 heavy (non-hydrogen) atoms. The molecule has 2 N–H and O–H groups in total. The van der Waals surface area contributed by atoms with Crippen LogP contribution in [0.15, 0.2) is 12.1 Å². The molecule has 1 aliphatic heterocycles. The van der Waals surface area contributed by atoms with Gasteiger partial charge in [-0.3, -0.25) is 4.79 Å². The Bertz CT molecular complexity index is 430. The van der Waals surface area contributed by atoms with E-state index >= 15 is 0 Å². The van der Waals surface area contributed by atoms with Gasteiger partial charge in [0, 0.05) is 18.2 Å². The molecule has 1 saturated heterocycles. The minimum Gasteiger partial charge on any atom is -0.384 e. The lowest BCUT2D eigenvalue weighted by Gasteiger charge is -2.27. The molecule has 2 heterocycles. The van der Waals surface area contributed by atoms with E-state index < -0.39 is 0 Å². The molecule has 1 aromatic heterocycles. The number of likely N-dealkylation sites (tertiary alicyclic amines) is 1. The molecule has 0 aromatic carbocycles. The van der Waals surface area contributed by atoms with Gasteiger partial charge in [0.1, 0.15) is 11.0 Å². The van der Waals surface area contributed by atoms with Crippen molar-refractivity contribution in [1.29, 1.82) is 0 Å². The monoisotopic (exact) mass is 267 g/mol. The number of pyridine rings is 1. The molecule has 1 aliphatic rings. The zero-order chi connectivity index (χ0) is 13.1. The standard InChI is InChI=1S/C13H18ClN3O/c1-9-5-3-2-4-6-17(9)13(18)10-7-11(14)16-12(15)8-10/h7-9H,2-6H2,1H3,(H2,15,16). The average molecular weight is 268 g/mol. The Morgan fingerprint density at radius 3 is 2.94 bits per heavy atom. The highest BCUT2D eigenvalue weighted by Gasteiger charge is 2.23. The molecule has 98 valence electrons. The van der Waals surface area contributed by atoms with Crippen molar-refractivity contribution in [3.63, 3.8) is 0 Å². The van der Waals surface area contributed by atoms with E-state index in [1.54, 1.807) is 12.1 Å². The van der Waals surface area contributed by atoms with Crippen LogP contribution in [0.2, 0.25) is 5.15 Å². The van der Waals surface area contributed by atoms with Crippen molar-refractivity contribution in [2.24, 2.45) is 0 Å². The van der Waals surface area contributed by atoms with Gasteiger partial charge in [0.15, 0.2) is 0 Å². The smallest absolute Gasteiger partial charge is 0.254 e. The number of nitrogen functional groups attached to an aromatic ring is 1. The van der Waals surface area contributed by atoms with Crippen molar-refractivity contribution >= 4 is 23.3 Å². The van der Waals surface area contributed by atoms with Gasteiger partial charge in [-0.05, 0) is 31.9 Å². The summed E-state index contributed by atoms with van der Waals surface area (Å²) in [5.74, 6) is 0.286. The summed E-state index contributed by atoms with van der Waals surface area (Å²) in [7, 11) is 0. The van der Waals surface area contributed by atoms with Gasteiger partial charge in [-0.2, -0.15) is 0 Å². The largest absolute Gasteiger partial charge is 0.384 e. The van der Waals surface area contributed by atoms with Crippen molar-refractivity contribution < 1.29 is 4.79 Å². The fourth-order valence-corrected chi connectivity index (χ4v) is 2.60. The number of rotatable bonds is 1. The maximum Gasteiger partial charge on any atom is 0.254 e. The number of carbonyl (C=O) groups is 1. The van der Waals surface area contributed by atoms with E-state index in [0.29, 0.717) is 5.56 Å². The Labute approximate surface area is 112 Å². The average Bonchev–Trinajstić information content (AvgIpc) is 2.51. The van der Waals surface area contributed by atoms with Crippen molar-refractivity contribution in [3.8, 4) is 0 Å². The second kappa shape index (κ2) is 5.57. The van der Waals surface area contributed by atoms with Gasteiger partial charge in [0.05, 0.1) is 0 Å². The highest BCUT2D eigenvalue weighted by molar-refractivity contribution is 6.29. The van der Waals surface area contributed by atoms with Crippen LogP contribution in [0.5, 0.6) is 0 Å². The Morgan fingerprint density at radius 2 is 2.22 bits per heavy atom. The summed E-state index contributed by atoms with van der Waals surface area (Å²) in [6.07, 6.45) is 4.49. The Hall–Kier alpha value is -1.29. The molecule has 4 nitrogen and oxygen atoms in total. The Morgan fingerprint density at radius 1 is 1.44 bits per heavy atom. The maximum absolute atomic E-state index is 12.5. The molecule has 0 aliphatic carbocycles. The fraction of sp³-hybridized carbons (Fsp3) is 0.538. The number of amides is 1. The topological polar surface area (TPSA) is 59.2 Å². The molecule has 1 fully saturated rings. The Kier molecular flexibility index (Phi) is 4.07. The van der Waals surface area contributed by atoms with Gasteiger partial charge in [0.25, 0.3) is 5.91 Å². The minimum absolute atomic E-state index is 0.000370. The zero-order valence-electron chi connectivity index (χ0n) is 10.5. The first-order chi connectivity index (χ1) is 8.58. The van der Waals surface area contributed by atoms with E-state index in [1.807, 2.05) is 4.90 Å². The van der Waals surface area contributed by atoms with Gasteiger partial charge in [-0.1, -0.05) is 24.4 Å². The molecular weight excluding hydrogens is 250 g/mol. The first-order valence-corrected chi connectivity index (χ1v) is 6.70. The van der Waals surface area contributed by atoms with Crippen LogP contribution in [0.25, 0.3) is 0 Å². The van der Waals surface area contributed by atoms with E-state index in [9.17, 15) is 4.79 Å². The predicted octanol–water partition coefficient (Wildman–Crippen LogP) is 2.72. The van der Waals surface area contributed by atoms with Crippen LogP contribution in [0.4, 0.5) is 5.82 Å². The number of carbonyl (C=O) groups excluding carboxylic acids is 1. The Balaban J connectivity index is 2.23. The quantitative estimate of drug-likeness (QED) is 0.796. The van der Waals surface area contributed by atoms with Gasteiger partial charge in [0.2, 0.25) is 0 Å². The number of nitrogens with zero attached hydrogens (tertiary/aromatic N) is 2. The van der Waals surface area contributed by atoms with E-state index in [4.69, 9.17) is 17.3 Å². The van der Waals surface area contributed by atoms with Gasteiger partial charge < -0.3 is 10.6 Å². The zero-order valence-corrected chi connectivity index (χ0v) is 11.3. The number of hydrogen-bond acceptors (Lipinski definition) is 3. The molecule has 0 spiro atoms. The summed E-state index contributed by atoms with van der Waals surface area (Å²) in [5.41, 5.74) is 6.15. The second-order valence-corrected chi connectivity index (χ2v) is 5.19. The van der Waals surface area contributed by atoms with Crippen LogP contribution in [0, 0.1) is 0 Å². The summed E-state index contributed by atoms with van der Waals surface area (Å²) < 4.78 is 0. The molecule has 1 aromatic rings. The van der Waals surface area contributed by atoms with E-state index in [2.05, 4.69) is 11.9 Å². The summed E-state index contributed by atoms with van der Waals surface area (Å²) in [4.78, 5) is 18.2. The van der Waals surface area contributed by atoms with Crippen molar-refractivity contribution in [3.05, 3.63) is 22.8 Å². The highest BCUT2D eigenvalue weighted by Crippen LogP contribution is 2.20. The lowest BCUT2D eigenvalue weighted by atomic mass is 10.1. The first-order valence-electron chi connectivity index (χ1n) is 6.32. The maximum atomic E-state index is 12.5. The molecular formula is C13H18ClN3O. The molecule has 1 unspecified atom stereocenters. The molecule has 0 saturated carbocycles. The third-order valence-corrected chi connectivity index (χ3v) is 3.57. The van der Waals surface area contributed by atoms with E-state index in [1.165, 1.54) is 12.8 Å². The van der Waals surface area contributed by atoms with Crippen molar-refractivity contribution in [1.82, 2.24) is 9.88 Å². The normalized spacial score (nSPS) is 20.6. The highest BCUT2D eigenvalue weighted by atomic mass is 35.5. The molecule has 2 rings (SSSR count). The first kappa shape index (κ1) is 13.1. The third kappa shape index (κ3) is 2.93. The van der Waals surface area contributed by atoms with Crippen LogP contribution in [0.1, 0.15) is 43.0 Å². The summed E-state index contributed by atoms with van der Waals surface area (Å²) in [6.45, 7) is 2.90. The van der Waals surface area contributed by atoms with Crippen LogP contribution in [-0.2, 0) is 0 Å². The van der Waals surface area contributed by atoms with E-state index in [0.717, 1.165) is 19.4 Å². The lowest BCUT2D eigenvalue weighted by Crippen LogP contribution is -2.38. The summed E-state index contributed by atoms with van der Waals surface area (Å²) in [6, 6.07) is 3.44. The molecule has 5 heteroatoms. The number of nitrogens with two attached hydrogens (primary N) is 1. The van der Waals surface area contributed by atoms with Crippen LogP contribution < -0.4 is 5.73 Å². The van der Waals surface area contributed by atoms with Gasteiger partial charge in [-0.15, -0.1) is 0 Å². The molecule has 0 radical (unpaired) electrons. The second-order valence-electron chi connectivity index (χ2n) is 4.80.